The fraction of sp³-hybridized carbons (Fsp3) is 0.833. The Labute approximate surface area is 65.6 Å². The lowest BCUT2D eigenvalue weighted by molar-refractivity contribution is -0.0427. The fourth-order valence-corrected chi connectivity index (χ4v) is 0.408. The predicted octanol–water partition coefficient (Wildman–Crippen LogP) is -0.0371. The van der Waals surface area contributed by atoms with E-state index in [9.17, 15) is 4.79 Å². The van der Waals surface area contributed by atoms with Crippen molar-refractivity contribution in [2.45, 2.75) is 0 Å². The zero-order valence-corrected chi connectivity index (χ0v) is 6.75. The molecule has 5 heteroatoms. The molecule has 11 heavy (non-hydrogen) atoms. The van der Waals surface area contributed by atoms with Crippen LogP contribution in [0.2, 0.25) is 0 Å². The molecule has 0 atom stereocenters. The normalized spacial score (nSPS) is 9.27. The van der Waals surface area contributed by atoms with Crippen molar-refractivity contribution in [3.8, 4) is 0 Å². The molecule has 0 heterocycles. The number of hydrogen-bond donors (Lipinski definition) is 1. The number of rotatable bonds is 5. The van der Waals surface area contributed by atoms with Gasteiger partial charge in [-0.3, -0.25) is 0 Å². The van der Waals surface area contributed by atoms with Crippen molar-refractivity contribution in [1.82, 2.24) is 5.32 Å². The lowest BCUT2D eigenvalue weighted by Crippen LogP contribution is -2.21. The number of hydrogen-bond acceptors (Lipinski definition) is 4. The molecule has 0 aromatic heterocycles. The number of alkyl carbamates (subject to hydrolysis) is 1. The Morgan fingerprint density at radius 2 is 2.18 bits per heavy atom. The van der Waals surface area contributed by atoms with E-state index in [1.165, 1.54) is 14.2 Å². The first-order chi connectivity index (χ1) is 5.31. The zero-order valence-electron chi connectivity index (χ0n) is 6.75. The maximum Gasteiger partial charge on any atom is 0.406 e. The highest BCUT2D eigenvalue weighted by atomic mass is 16.7. The molecule has 66 valence electrons. The van der Waals surface area contributed by atoms with Crippen molar-refractivity contribution < 1.29 is 19.0 Å². The van der Waals surface area contributed by atoms with Crippen LogP contribution in [0.15, 0.2) is 0 Å². The number of ether oxygens (including phenoxy) is 3. The third-order valence-electron chi connectivity index (χ3n) is 0.866. The van der Waals surface area contributed by atoms with Gasteiger partial charge in [0.25, 0.3) is 0 Å². The second kappa shape index (κ2) is 7.30. The number of nitrogens with one attached hydrogen (secondary N) is 1. The molecule has 0 aliphatic carbocycles. The smallest absolute Gasteiger partial charge is 0.406 e. The minimum Gasteiger partial charge on any atom is -0.447 e. The summed E-state index contributed by atoms with van der Waals surface area (Å²) in [5, 5.41) is 2.31. The van der Waals surface area contributed by atoms with Crippen LogP contribution < -0.4 is 5.32 Å². The summed E-state index contributed by atoms with van der Waals surface area (Å²) in [6, 6.07) is 0. The van der Waals surface area contributed by atoms with E-state index in [1.54, 1.807) is 0 Å². The van der Waals surface area contributed by atoms with Crippen molar-refractivity contribution in [3.05, 3.63) is 0 Å². The standard InChI is InChI=1S/C6H13NO4/c1-7-6(8)11-4-3-10-5-9-2/h3-5H2,1-2H3,(H,7,8). The van der Waals surface area contributed by atoms with Crippen molar-refractivity contribution in [2.24, 2.45) is 0 Å². The Morgan fingerprint density at radius 1 is 1.45 bits per heavy atom. The number of amides is 1. The number of carbonyl (C=O) groups is 1. The van der Waals surface area contributed by atoms with Crippen LogP contribution in [0.4, 0.5) is 4.79 Å². The summed E-state index contributed by atoms with van der Waals surface area (Å²) in [4.78, 5) is 10.4. The molecule has 0 radical (unpaired) electrons. The lowest BCUT2D eigenvalue weighted by atomic mass is 10.8. The van der Waals surface area contributed by atoms with Gasteiger partial charge in [-0.1, -0.05) is 0 Å². The van der Waals surface area contributed by atoms with Crippen LogP contribution >= 0.6 is 0 Å². The highest BCUT2D eigenvalue weighted by Gasteiger charge is 1.95. The van der Waals surface area contributed by atoms with E-state index in [2.05, 4.69) is 14.8 Å². The quantitative estimate of drug-likeness (QED) is 0.456. The molecule has 0 fully saturated rings. The molecule has 0 spiro atoms. The van der Waals surface area contributed by atoms with Crippen molar-refractivity contribution in [2.75, 3.05) is 34.2 Å². The van der Waals surface area contributed by atoms with Crippen molar-refractivity contribution in [1.29, 1.82) is 0 Å². The molecule has 1 amide bonds. The summed E-state index contributed by atoms with van der Waals surface area (Å²) < 4.78 is 14.1. The second-order valence-corrected chi connectivity index (χ2v) is 1.70. The molecule has 5 nitrogen and oxygen atoms in total. The lowest BCUT2D eigenvalue weighted by Gasteiger charge is -2.03. The molecule has 0 aliphatic heterocycles. The molecule has 0 saturated carbocycles. The molecule has 0 bridgehead atoms. The Kier molecular flexibility index (Phi) is 6.76. The topological polar surface area (TPSA) is 56.8 Å². The van der Waals surface area contributed by atoms with E-state index < -0.39 is 6.09 Å². The average molecular weight is 163 g/mol. The largest absolute Gasteiger partial charge is 0.447 e. The van der Waals surface area contributed by atoms with Crippen LogP contribution in [0.5, 0.6) is 0 Å². The summed E-state index contributed by atoms with van der Waals surface area (Å²) in [5.74, 6) is 0. The van der Waals surface area contributed by atoms with Gasteiger partial charge in [0.2, 0.25) is 0 Å². The monoisotopic (exact) mass is 163 g/mol. The average Bonchev–Trinajstić information content (AvgIpc) is 2.04. The van der Waals surface area contributed by atoms with Gasteiger partial charge >= 0.3 is 6.09 Å². The van der Waals surface area contributed by atoms with Gasteiger partial charge in [-0.25, -0.2) is 4.79 Å². The van der Waals surface area contributed by atoms with E-state index in [0.29, 0.717) is 6.61 Å². The minimum absolute atomic E-state index is 0.219. The molecule has 0 rings (SSSR count). The molecular formula is C6H13NO4. The van der Waals surface area contributed by atoms with Gasteiger partial charge in [-0.05, 0) is 0 Å². The summed E-state index contributed by atoms with van der Waals surface area (Å²) in [6.07, 6.45) is -0.453. The SMILES string of the molecule is CNC(=O)OCCOCOC. The van der Waals surface area contributed by atoms with Crippen molar-refractivity contribution >= 4 is 6.09 Å². The van der Waals surface area contributed by atoms with Gasteiger partial charge in [0.15, 0.2) is 0 Å². The summed E-state index contributed by atoms with van der Waals surface area (Å²) >= 11 is 0. The van der Waals surface area contributed by atoms with Gasteiger partial charge < -0.3 is 19.5 Å². The summed E-state index contributed by atoms with van der Waals surface area (Å²) in [7, 11) is 3.03. The first-order valence-corrected chi connectivity index (χ1v) is 3.22. The molecule has 1 N–H and O–H groups in total. The zero-order chi connectivity index (χ0) is 8.53. The third kappa shape index (κ3) is 7.08. The van der Waals surface area contributed by atoms with Crippen LogP contribution in [-0.2, 0) is 14.2 Å². The molecule has 0 aromatic carbocycles. The van der Waals surface area contributed by atoms with E-state index in [-0.39, 0.29) is 13.4 Å². The van der Waals surface area contributed by atoms with Gasteiger partial charge in [0, 0.05) is 14.2 Å². The van der Waals surface area contributed by atoms with E-state index in [0.717, 1.165) is 0 Å². The van der Waals surface area contributed by atoms with Crippen LogP contribution in [0.3, 0.4) is 0 Å². The highest BCUT2D eigenvalue weighted by molar-refractivity contribution is 5.66. The molecule has 0 saturated heterocycles. The van der Waals surface area contributed by atoms with Crippen molar-refractivity contribution in [3.63, 3.8) is 0 Å². The van der Waals surface area contributed by atoms with Gasteiger partial charge in [-0.2, -0.15) is 0 Å². The van der Waals surface area contributed by atoms with Crippen LogP contribution in [-0.4, -0.2) is 40.3 Å². The van der Waals surface area contributed by atoms with E-state index >= 15 is 0 Å². The number of methoxy groups -OCH3 is 1. The van der Waals surface area contributed by atoms with E-state index in [1.807, 2.05) is 0 Å². The minimum atomic E-state index is -0.453. The summed E-state index contributed by atoms with van der Waals surface area (Å²) in [5.41, 5.74) is 0. The Balaban J connectivity index is 2.95. The summed E-state index contributed by atoms with van der Waals surface area (Å²) in [6.45, 7) is 0.807. The van der Waals surface area contributed by atoms with Gasteiger partial charge in [0.05, 0.1) is 6.61 Å². The molecule has 0 aromatic rings. The van der Waals surface area contributed by atoms with Crippen LogP contribution in [0, 0.1) is 0 Å². The van der Waals surface area contributed by atoms with Gasteiger partial charge in [-0.15, -0.1) is 0 Å². The maximum absolute atomic E-state index is 10.4. The first-order valence-electron chi connectivity index (χ1n) is 3.22. The first kappa shape index (κ1) is 10.2. The van der Waals surface area contributed by atoms with Gasteiger partial charge in [0.1, 0.15) is 13.4 Å². The maximum atomic E-state index is 10.4. The Morgan fingerprint density at radius 3 is 2.73 bits per heavy atom. The number of carbonyl (C=O) groups excluding carboxylic acids is 1. The molecule has 0 unspecified atom stereocenters. The highest BCUT2D eigenvalue weighted by Crippen LogP contribution is 1.79. The van der Waals surface area contributed by atoms with E-state index in [4.69, 9.17) is 4.74 Å². The predicted molar refractivity (Wildman–Crippen MR) is 38.2 cm³/mol. The molecular weight excluding hydrogens is 150 g/mol. The second-order valence-electron chi connectivity index (χ2n) is 1.70. The van der Waals surface area contributed by atoms with Crippen LogP contribution in [0.25, 0.3) is 0 Å². The third-order valence-corrected chi connectivity index (χ3v) is 0.866. The fourth-order valence-electron chi connectivity index (χ4n) is 0.408. The van der Waals surface area contributed by atoms with Crippen LogP contribution in [0.1, 0.15) is 0 Å². The Bertz CT molecular complexity index is 107. The Hall–Kier alpha value is -0.810. The molecule has 0 aliphatic rings.